The predicted molar refractivity (Wildman–Crippen MR) is 106 cm³/mol. The van der Waals surface area contributed by atoms with Gasteiger partial charge >= 0.3 is 0 Å². The van der Waals surface area contributed by atoms with Gasteiger partial charge in [0.15, 0.2) is 16.5 Å². The number of nitriles is 1. The fourth-order valence-electron chi connectivity index (χ4n) is 2.66. The molecular formula is C20H21N5S. The number of aromatic nitrogens is 4. The summed E-state index contributed by atoms with van der Waals surface area (Å²) in [6.45, 7) is 7.97. The SMILES string of the molecule is C=CCSc1nc2c(C#N)nc(CCCC)nc2n1-c1ccc(C)cc1. The van der Waals surface area contributed by atoms with E-state index in [9.17, 15) is 5.26 Å². The number of hydrogen-bond acceptors (Lipinski definition) is 5. The first-order chi connectivity index (χ1) is 12.7. The van der Waals surface area contributed by atoms with Crippen LogP contribution >= 0.6 is 11.8 Å². The highest BCUT2D eigenvalue weighted by Gasteiger charge is 2.19. The lowest BCUT2D eigenvalue weighted by Crippen LogP contribution is -2.03. The lowest BCUT2D eigenvalue weighted by Gasteiger charge is -2.09. The fourth-order valence-corrected chi connectivity index (χ4v) is 3.41. The van der Waals surface area contributed by atoms with Gasteiger partial charge in [-0.2, -0.15) is 5.26 Å². The standard InChI is InChI=1S/C20H21N5S/c1-4-6-7-17-22-16(13-21)18-19(23-17)25(20(24-18)26-12-5-2)15-10-8-14(3)9-11-15/h5,8-11H,2,4,6-7,12H2,1,3H3. The van der Waals surface area contributed by atoms with Gasteiger partial charge in [0.1, 0.15) is 17.4 Å². The molecule has 132 valence electrons. The molecule has 0 spiro atoms. The van der Waals surface area contributed by atoms with Crippen molar-refractivity contribution < 1.29 is 0 Å². The zero-order valence-corrected chi connectivity index (χ0v) is 15.9. The Hall–Kier alpha value is -2.65. The van der Waals surface area contributed by atoms with E-state index in [4.69, 9.17) is 4.98 Å². The number of unbranched alkanes of at least 4 members (excludes halogenated alkanes) is 1. The summed E-state index contributed by atoms with van der Waals surface area (Å²) in [5, 5.41) is 10.3. The van der Waals surface area contributed by atoms with Crippen LogP contribution in [0.1, 0.15) is 36.8 Å². The molecule has 2 heterocycles. The highest BCUT2D eigenvalue weighted by atomic mass is 32.2. The summed E-state index contributed by atoms with van der Waals surface area (Å²) < 4.78 is 2.01. The minimum absolute atomic E-state index is 0.340. The van der Waals surface area contributed by atoms with E-state index < -0.39 is 0 Å². The highest BCUT2D eigenvalue weighted by molar-refractivity contribution is 7.99. The third kappa shape index (κ3) is 3.63. The third-order valence-corrected chi connectivity index (χ3v) is 4.94. The van der Waals surface area contributed by atoms with E-state index in [1.54, 1.807) is 11.8 Å². The Bertz CT molecular complexity index is 967. The van der Waals surface area contributed by atoms with Gasteiger partial charge in [-0.15, -0.1) is 6.58 Å². The quantitative estimate of drug-likeness (QED) is 0.453. The summed E-state index contributed by atoms with van der Waals surface area (Å²) in [7, 11) is 0. The molecule has 6 heteroatoms. The first-order valence-electron chi connectivity index (χ1n) is 8.68. The van der Waals surface area contributed by atoms with Gasteiger partial charge in [-0.1, -0.05) is 48.9 Å². The fraction of sp³-hybridized carbons (Fsp3) is 0.300. The molecule has 0 saturated heterocycles. The van der Waals surface area contributed by atoms with Crippen molar-refractivity contribution in [1.82, 2.24) is 19.5 Å². The molecule has 2 aromatic heterocycles. The maximum atomic E-state index is 9.56. The first kappa shape index (κ1) is 18.2. The van der Waals surface area contributed by atoms with Crippen LogP contribution in [0, 0.1) is 18.3 Å². The predicted octanol–water partition coefficient (Wildman–Crippen LogP) is 4.62. The topological polar surface area (TPSA) is 67.4 Å². The van der Waals surface area contributed by atoms with Gasteiger partial charge in [-0.05, 0) is 25.5 Å². The van der Waals surface area contributed by atoms with Crippen molar-refractivity contribution in [2.45, 2.75) is 38.3 Å². The van der Waals surface area contributed by atoms with Crippen LogP contribution in [0.25, 0.3) is 16.9 Å². The van der Waals surface area contributed by atoms with Crippen LogP contribution in [0.4, 0.5) is 0 Å². The van der Waals surface area contributed by atoms with Crippen LogP contribution in [0.5, 0.6) is 0 Å². The smallest absolute Gasteiger partial charge is 0.175 e. The molecule has 0 N–H and O–H groups in total. The van der Waals surface area contributed by atoms with Gasteiger partial charge in [-0.3, -0.25) is 4.57 Å². The number of aryl methyl sites for hydroxylation is 2. The van der Waals surface area contributed by atoms with Crippen LogP contribution in [0.15, 0.2) is 42.1 Å². The molecule has 3 aromatic rings. The van der Waals surface area contributed by atoms with Crippen molar-refractivity contribution in [1.29, 1.82) is 5.26 Å². The van der Waals surface area contributed by atoms with Crippen LogP contribution in [0.3, 0.4) is 0 Å². The molecule has 0 unspecified atom stereocenters. The molecule has 0 aliphatic rings. The van der Waals surface area contributed by atoms with E-state index in [0.717, 1.165) is 35.9 Å². The van der Waals surface area contributed by atoms with Gasteiger partial charge in [0.05, 0.1) is 0 Å². The minimum atomic E-state index is 0.340. The van der Waals surface area contributed by atoms with Gasteiger partial charge in [-0.25, -0.2) is 15.0 Å². The summed E-state index contributed by atoms with van der Waals surface area (Å²) in [6, 6.07) is 10.4. The van der Waals surface area contributed by atoms with E-state index in [-0.39, 0.29) is 0 Å². The molecule has 0 atom stereocenters. The number of nitrogens with zero attached hydrogens (tertiary/aromatic N) is 5. The number of hydrogen-bond donors (Lipinski definition) is 0. The van der Waals surface area contributed by atoms with E-state index in [1.165, 1.54) is 5.56 Å². The average Bonchev–Trinajstić information content (AvgIpc) is 3.03. The van der Waals surface area contributed by atoms with Gasteiger partial charge in [0.2, 0.25) is 0 Å². The Labute approximate surface area is 157 Å². The van der Waals surface area contributed by atoms with E-state index >= 15 is 0 Å². The maximum Gasteiger partial charge on any atom is 0.175 e. The average molecular weight is 363 g/mol. The lowest BCUT2D eigenvalue weighted by molar-refractivity contribution is 0.752. The summed E-state index contributed by atoms with van der Waals surface area (Å²) in [4.78, 5) is 13.8. The lowest BCUT2D eigenvalue weighted by atomic mass is 10.2. The number of thioether (sulfide) groups is 1. The number of imidazole rings is 1. The van der Waals surface area contributed by atoms with E-state index in [2.05, 4.69) is 48.6 Å². The molecule has 0 fully saturated rings. The summed E-state index contributed by atoms with van der Waals surface area (Å²) >= 11 is 1.57. The highest BCUT2D eigenvalue weighted by Crippen LogP contribution is 2.28. The van der Waals surface area contributed by atoms with E-state index in [1.807, 2.05) is 22.8 Å². The van der Waals surface area contributed by atoms with Crippen molar-refractivity contribution in [3.63, 3.8) is 0 Å². The maximum absolute atomic E-state index is 9.56. The minimum Gasteiger partial charge on any atom is -0.271 e. The zero-order valence-electron chi connectivity index (χ0n) is 15.1. The van der Waals surface area contributed by atoms with Crippen LogP contribution in [0.2, 0.25) is 0 Å². The second-order valence-corrected chi connectivity index (χ2v) is 7.03. The second-order valence-electron chi connectivity index (χ2n) is 6.04. The monoisotopic (exact) mass is 363 g/mol. The van der Waals surface area contributed by atoms with Crippen LogP contribution in [-0.2, 0) is 6.42 Å². The van der Waals surface area contributed by atoms with Gasteiger partial charge < -0.3 is 0 Å². The molecule has 1 aromatic carbocycles. The molecule has 0 saturated carbocycles. The Kier molecular flexibility index (Phi) is 5.69. The second kappa shape index (κ2) is 8.15. The van der Waals surface area contributed by atoms with Crippen LogP contribution in [-0.4, -0.2) is 25.3 Å². The normalized spacial score (nSPS) is 10.8. The molecule has 0 aliphatic heterocycles. The molecule has 26 heavy (non-hydrogen) atoms. The Morgan fingerprint density at radius 2 is 2.00 bits per heavy atom. The number of rotatable bonds is 7. The Morgan fingerprint density at radius 3 is 2.65 bits per heavy atom. The Morgan fingerprint density at radius 1 is 1.23 bits per heavy atom. The molecule has 0 radical (unpaired) electrons. The largest absolute Gasteiger partial charge is 0.271 e. The number of benzene rings is 1. The third-order valence-electron chi connectivity index (χ3n) is 4.00. The summed E-state index contributed by atoms with van der Waals surface area (Å²) in [5.41, 5.74) is 3.76. The van der Waals surface area contributed by atoms with Crippen molar-refractivity contribution in [2.75, 3.05) is 5.75 Å². The molecule has 0 amide bonds. The number of fused-ring (bicyclic) bond motifs is 1. The van der Waals surface area contributed by atoms with Crippen LogP contribution < -0.4 is 0 Å². The van der Waals surface area contributed by atoms with Gasteiger partial charge in [0, 0.05) is 17.9 Å². The van der Waals surface area contributed by atoms with Gasteiger partial charge in [0.25, 0.3) is 0 Å². The molecular weight excluding hydrogens is 342 g/mol. The molecule has 0 aliphatic carbocycles. The molecule has 5 nitrogen and oxygen atoms in total. The van der Waals surface area contributed by atoms with Crippen molar-refractivity contribution >= 4 is 22.9 Å². The summed E-state index contributed by atoms with van der Waals surface area (Å²) in [5.74, 6) is 1.43. The van der Waals surface area contributed by atoms with Crippen molar-refractivity contribution in [2.24, 2.45) is 0 Å². The van der Waals surface area contributed by atoms with Crippen molar-refractivity contribution in [3.8, 4) is 11.8 Å². The zero-order chi connectivity index (χ0) is 18.5. The molecule has 0 bridgehead atoms. The van der Waals surface area contributed by atoms with E-state index in [0.29, 0.717) is 22.7 Å². The first-order valence-corrected chi connectivity index (χ1v) is 9.66. The summed E-state index contributed by atoms with van der Waals surface area (Å²) in [6.07, 6.45) is 4.65. The Balaban J connectivity index is 2.24. The molecule has 3 rings (SSSR count). The van der Waals surface area contributed by atoms with Crippen molar-refractivity contribution in [3.05, 3.63) is 54.0 Å².